The molecular weight excluding hydrogens is 218 g/mol. The Balaban J connectivity index is 1.79. The van der Waals surface area contributed by atoms with Gasteiger partial charge < -0.3 is 11.1 Å². The topological polar surface area (TPSA) is 85.8 Å². The largest absolute Gasteiger partial charge is 0.352 e. The number of aromatic nitrogens is 3. The van der Waals surface area contributed by atoms with Crippen LogP contribution in [0.2, 0.25) is 0 Å². The average molecular weight is 237 g/mol. The third kappa shape index (κ3) is 3.03. The first-order valence-corrected chi connectivity index (χ1v) is 6.07. The van der Waals surface area contributed by atoms with E-state index in [0.717, 1.165) is 0 Å². The van der Waals surface area contributed by atoms with Gasteiger partial charge in [0.05, 0.1) is 11.9 Å². The van der Waals surface area contributed by atoms with Gasteiger partial charge in [0, 0.05) is 12.6 Å². The molecular formula is C11H19N5O. The molecule has 6 heteroatoms. The van der Waals surface area contributed by atoms with Crippen molar-refractivity contribution in [3.8, 4) is 0 Å². The Hall–Kier alpha value is -1.43. The second kappa shape index (κ2) is 5.27. The molecule has 1 aromatic heterocycles. The van der Waals surface area contributed by atoms with Crippen molar-refractivity contribution in [3.05, 3.63) is 11.9 Å². The van der Waals surface area contributed by atoms with E-state index in [4.69, 9.17) is 5.73 Å². The minimum absolute atomic E-state index is 0.0159. The standard InChI is InChI=1S/C11H19N5O/c1-8(9-3-2-4-9)13-11(17)7-16-6-10(5-12)14-15-16/h6,8-9H,2-5,7,12H2,1H3,(H,13,17). The first-order chi connectivity index (χ1) is 8.19. The first kappa shape index (κ1) is 12.0. The number of hydrogen-bond acceptors (Lipinski definition) is 4. The lowest BCUT2D eigenvalue weighted by Crippen LogP contribution is -2.42. The van der Waals surface area contributed by atoms with E-state index in [0.29, 0.717) is 18.2 Å². The summed E-state index contributed by atoms with van der Waals surface area (Å²) in [6.07, 6.45) is 5.44. The van der Waals surface area contributed by atoms with Gasteiger partial charge in [0.2, 0.25) is 5.91 Å². The van der Waals surface area contributed by atoms with E-state index in [1.807, 2.05) is 0 Å². The maximum absolute atomic E-state index is 11.7. The lowest BCUT2D eigenvalue weighted by molar-refractivity contribution is -0.123. The van der Waals surface area contributed by atoms with E-state index in [1.54, 1.807) is 6.20 Å². The molecule has 0 saturated heterocycles. The number of nitrogens with two attached hydrogens (primary N) is 1. The monoisotopic (exact) mass is 237 g/mol. The van der Waals surface area contributed by atoms with Gasteiger partial charge in [0.1, 0.15) is 6.54 Å². The molecule has 1 fully saturated rings. The SMILES string of the molecule is CC(NC(=O)Cn1cc(CN)nn1)C1CCC1. The summed E-state index contributed by atoms with van der Waals surface area (Å²) >= 11 is 0. The predicted molar refractivity (Wildman–Crippen MR) is 62.9 cm³/mol. The summed E-state index contributed by atoms with van der Waals surface area (Å²) < 4.78 is 1.52. The van der Waals surface area contributed by atoms with Gasteiger partial charge in [-0.2, -0.15) is 0 Å². The lowest BCUT2D eigenvalue weighted by atomic mass is 9.80. The summed E-state index contributed by atoms with van der Waals surface area (Å²) in [5.41, 5.74) is 6.12. The summed E-state index contributed by atoms with van der Waals surface area (Å²) in [4.78, 5) is 11.7. The second-order valence-electron chi connectivity index (χ2n) is 4.66. The number of amides is 1. The summed E-state index contributed by atoms with van der Waals surface area (Å²) in [5.74, 6) is 0.632. The van der Waals surface area contributed by atoms with E-state index in [2.05, 4.69) is 22.6 Å². The number of carbonyl (C=O) groups excluding carboxylic acids is 1. The minimum atomic E-state index is -0.0159. The summed E-state index contributed by atoms with van der Waals surface area (Å²) in [5, 5.41) is 10.7. The minimum Gasteiger partial charge on any atom is -0.352 e. The van der Waals surface area contributed by atoms with E-state index >= 15 is 0 Å². The zero-order valence-electron chi connectivity index (χ0n) is 10.1. The molecule has 94 valence electrons. The Morgan fingerprint density at radius 1 is 1.71 bits per heavy atom. The Labute approximate surface area is 101 Å². The summed E-state index contributed by atoms with van der Waals surface area (Å²) in [6.45, 7) is 2.62. The van der Waals surface area contributed by atoms with Crippen LogP contribution in [0.1, 0.15) is 31.9 Å². The fourth-order valence-corrected chi connectivity index (χ4v) is 2.01. The normalized spacial score (nSPS) is 17.5. The van der Waals surface area contributed by atoms with Crippen molar-refractivity contribution in [1.82, 2.24) is 20.3 Å². The van der Waals surface area contributed by atoms with Gasteiger partial charge in [-0.25, -0.2) is 4.68 Å². The molecule has 2 rings (SSSR count). The molecule has 1 saturated carbocycles. The molecule has 1 unspecified atom stereocenters. The van der Waals surface area contributed by atoms with Crippen LogP contribution in [0.25, 0.3) is 0 Å². The van der Waals surface area contributed by atoms with Crippen LogP contribution in [0.4, 0.5) is 0 Å². The molecule has 1 atom stereocenters. The molecule has 3 N–H and O–H groups in total. The third-order valence-electron chi connectivity index (χ3n) is 3.35. The maximum atomic E-state index is 11.7. The fourth-order valence-electron chi connectivity index (χ4n) is 2.01. The first-order valence-electron chi connectivity index (χ1n) is 6.07. The molecule has 6 nitrogen and oxygen atoms in total. The number of nitrogens with one attached hydrogen (secondary N) is 1. The van der Waals surface area contributed by atoms with Crippen molar-refractivity contribution in [2.75, 3.05) is 0 Å². The highest BCUT2D eigenvalue weighted by Gasteiger charge is 2.24. The lowest BCUT2D eigenvalue weighted by Gasteiger charge is -2.31. The van der Waals surface area contributed by atoms with Gasteiger partial charge in [-0.05, 0) is 25.7 Å². The predicted octanol–water partition coefficient (Wildman–Crippen LogP) is 0.0416. The van der Waals surface area contributed by atoms with Crippen molar-refractivity contribution < 1.29 is 4.79 Å². The van der Waals surface area contributed by atoms with E-state index in [9.17, 15) is 4.79 Å². The van der Waals surface area contributed by atoms with E-state index in [-0.39, 0.29) is 18.5 Å². The number of hydrogen-bond donors (Lipinski definition) is 2. The molecule has 0 aliphatic heterocycles. The maximum Gasteiger partial charge on any atom is 0.242 e. The van der Waals surface area contributed by atoms with Gasteiger partial charge in [-0.3, -0.25) is 4.79 Å². The number of nitrogens with zero attached hydrogens (tertiary/aromatic N) is 3. The van der Waals surface area contributed by atoms with Crippen LogP contribution in [0.5, 0.6) is 0 Å². The van der Waals surface area contributed by atoms with Gasteiger partial charge in [-0.15, -0.1) is 5.10 Å². The molecule has 1 aliphatic rings. The smallest absolute Gasteiger partial charge is 0.242 e. The van der Waals surface area contributed by atoms with Gasteiger partial charge in [-0.1, -0.05) is 11.6 Å². The van der Waals surface area contributed by atoms with Crippen LogP contribution in [-0.2, 0) is 17.9 Å². The average Bonchev–Trinajstić information content (AvgIpc) is 2.62. The van der Waals surface area contributed by atoms with Gasteiger partial charge in [0.25, 0.3) is 0 Å². The fraction of sp³-hybridized carbons (Fsp3) is 0.727. The van der Waals surface area contributed by atoms with Crippen molar-refractivity contribution in [3.63, 3.8) is 0 Å². The van der Waals surface area contributed by atoms with Crippen LogP contribution in [0, 0.1) is 5.92 Å². The van der Waals surface area contributed by atoms with E-state index in [1.165, 1.54) is 23.9 Å². The Morgan fingerprint density at radius 2 is 2.47 bits per heavy atom. The van der Waals surface area contributed by atoms with Crippen molar-refractivity contribution >= 4 is 5.91 Å². The second-order valence-corrected chi connectivity index (χ2v) is 4.66. The molecule has 0 aromatic carbocycles. The van der Waals surface area contributed by atoms with Crippen molar-refractivity contribution in [2.24, 2.45) is 11.7 Å². The Morgan fingerprint density at radius 3 is 3.00 bits per heavy atom. The highest BCUT2D eigenvalue weighted by Crippen LogP contribution is 2.29. The van der Waals surface area contributed by atoms with Crippen LogP contribution in [-0.4, -0.2) is 26.9 Å². The Bertz CT molecular complexity index is 385. The highest BCUT2D eigenvalue weighted by molar-refractivity contribution is 5.75. The van der Waals surface area contributed by atoms with Gasteiger partial charge >= 0.3 is 0 Å². The van der Waals surface area contributed by atoms with Crippen LogP contribution >= 0.6 is 0 Å². The number of carbonyl (C=O) groups is 1. The van der Waals surface area contributed by atoms with Crippen molar-refractivity contribution in [2.45, 2.75) is 45.3 Å². The molecule has 0 radical (unpaired) electrons. The van der Waals surface area contributed by atoms with Gasteiger partial charge in [0.15, 0.2) is 0 Å². The molecule has 1 aromatic rings. The third-order valence-corrected chi connectivity index (χ3v) is 3.35. The molecule has 1 aliphatic carbocycles. The zero-order valence-corrected chi connectivity index (χ0v) is 10.1. The summed E-state index contributed by atoms with van der Waals surface area (Å²) in [6, 6.07) is 0.258. The van der Waals surface area contributed by atoms with Crippen LogP contribution < -0.4 is 11.1 Å². The molecule has 0 bridgehead atoms. The van der Waals surface area contributed by atoms with Crippen LogP contribution in [0.15, 0.2) is 6.20 Å². The quantitative estimate of drug-likeness (QED) is 0.757. The molecule has 0 spiro atoms. The zero-order chi connectivity index (χ0) is 12.3. The Kier molecular flexibility index (Phi) is 3.73. The van der Waals surface area contributed by atoms with Crippen LogP contribution in [0.3, 0.4) is 0 Å². The van der Waals surface area contributed by atoms with E-state index < -0.39 is 0 Å². The van der Waals surface area contributed by atoms with Crippen molar-refractivity contribution in [1.29, 1.82) is 0 Å². The summed E-state index contributed by atoms with van der Waals surface area (Å²) in [7, 11) is 0. The molecule has 1 heterocycles. The molecule has 17 heavy (non-hydrogen) atoms. The highest BCUT2D eigenvalue weighted by atomic mass is 16.2. The molecule has 1 amide bonds. The number of rotatable bonds is 5.